The summed E-state index contributed by atoms with van der Waals surface area (Å²) in [6, 6.07) is -0.739. The Kier molecular flexibility index (Phi) is 5.42. The SMILES string of the molecule is CC(C)NC(=O)NCCNC(N)=O. The Balaban J connectivity index is 3.32. The van der Waals surface area contributed by atoms with Gasteiger partial charge in [0.05, 0.1) is 0 Å². The summed E-state index contributed by atoms with van der Waals surface area (Å²) in [4.78, 5) is 21.1. The molecule has 6 heteroatoms. The summed E-state index contributed by atoms with van der Waals surface area (Å²) in [5.41, 5.74) is 4.81. The minimum Gasteiger partial charge on any atom is -0.352 e. The van der Waals surface area contributed by atoms with Gasteiger partial charge in [0.2, 0.25) is 0 Å². The monoisotopic (exact) mass is 188 g/mol. The fourth-order valence-corrected chi connectivity index (χ4v) is 0.675. The lowest BCUT2D eigenvalue weighted by Gasteiger charge is -2.09. The van der Waals surface area contributed by atoms with Crippen LogP contribution in [-0.2, 0) is 0 Å². The van der Waals surface area contributed by atoms with E-state index >= 15 is 0 Å². The van der Waals surface area contributed by atoms with Crippen molar-refractivity contribution in [3.8, 4) is 0 Å². The highest BCUT2D eigenvalue weighted by atomic mass is 16.2. The van der Waals surface area contributed by atoms with Gasteiger partial charge in [-0.05, 0) is 13.8 Å². The van der Waals surface area contributed by atoms with Crippen LogP contribution in [0.25, 0.3) is 0 Å². The summed E-state index contributed by atoms with van der Waals surface area (Å²) < 4.78 is 0. The van der Waals surface area contributed by atoms with Crippen molar-refractivity contribution < 1.29 is 9.59 Å². The number of carbonyl (C=O) groups is 2. The molecule has 0 heterocycles. The largest absolute Gasteiger partial charge is 0.352 e. The number of primary amides is 1. The zero-order valence-corrected chi connectivity index (χ0v) is 7.89. The molecule has 0 atom stereocenters. The number of amides is 4. The molecule has 0 aliphatic rings. The molecule has 0 bridgehead atoms. The first-order chi connectivity index (χ1) is 6.02. The van der Waals surface area contributed by atoms with Crippen LogP contribution in [0.2, 0.25) is 0 Å². The molecule has 5 N–H and O–H groups in total. The second-order valence-electron chi connectivity index (χ2n) is 2.85. The van der Waals surface area contributed by atoms with Crippen molar-refractivity contribution in [1.29, 1.82) is 0 Å². The van der Waals surface area contributed by atoms with Crippen molar-refractivity contribution in [3.05, 3.63) is 0 Å². The molecule has 0 saturated heterocycles. The highest BCUT2D eigenvalue weighted by molar-refractivity contribution is 5.74. The van der Waals surface area contributed by atoms with Crippen LogP contribution in [0.4, 0.5) is 9.59 Å². The molecular formula is C7H16N4O2. The topological polar surface area (TPSA) is 96.2 Å². The number of carbonyl (C=O) groups excluding carboxylic acids is 2. The highest BCUT2D eigenvalue weighted by Crippen LogP contribution is 1.75. The number of hydrogen-bond donors (Lipinski definition) is 4. The molecule has 0 saturated carbocycles. The maximum atomic E-state index is 10.9. The number of nitrogens with one attached hydrogen (secondary N) is 3. The first-order valence-electron chi connectivity index (χ1n) is 4.10. The third-order valence-electron chi connectivity index (χ3n) is 1.13. The highest BCUT2D eigenvalue weighted by Gasteiger charge is 2.00. The van der Waals surface area contributed by atoms with E-state index in [1.807, 2.05) is 13.8 Å². The average Bonchev–Trinajstić information content (AvgIpc) is 1.96. The van der Waals surface area contributed by atoms with Crippen molar-refractivity contribution in [3.63, 3.8) is 0 Å². The fourth-order valence-electron chi connectivity index (χ4n) is 0.675. The molecule has 13 heavy (non-hydrogen) atoms. The maximum Gasteiger partial charge on any atom is 0.315 e. The summed E-state index contributed by atoms with van der Waals surface area (Å²) in [7, 11) is 0. The van der Waals surface area contributed by atoms with Crippen molar-refractivity contribution >= 4 is 12.1 Å². The molecule has 6 nitrogen and oxygen atoms in total. The Bertz CT molecular complexity index is 181. The van der Waals surface area contributed by atoms with Gasteiger partial charge in [0.25, 0.3) is 0 Å². The quantitative estimate of drug-likeness (QED) is 0.442. The van der Waals surface area contributed by atoms with Gasteiger partial charge in [-0.3, -0.25) is 0 Å². The van der Waals surface area contributed by atoms with Crippen LogP contribution in [-0.4, -0.2) is 31.2 Å². The van der Waals surface area contributed by atoms with Crippen molar-refractivity contribution in [2.45, 2.75) is 19.9 Å². The first-order valence-corrected chi connectivity index (χ1v) is 4.10. The van der Waals surface area contributed by atoms with E-state index in [0.717, 1.165) is 0 Å². The van der Waals surface area contributed by atoms with Gasteiger partial charge in [0.1, 0.15) is 0 Å². The van der Waals surface area contributed by atoms with E-state index in [9.17, 15) is 9.59 Å². The van der Waals surface area contributed by atoms with E-state index in [1.165, 1.54) is 0 Å². The Morgan fingerprint density at radius 1 is 1.23 bits per heavy atom. The molecule has 0 spiro atoms. The normalized spacial score (nSPS) is 9.46. The van der Waals surface area contributed by atoms with Crippen molar-refractivity contribution in [2.75, 3.05) is 13.1 Å². The molecule has 0 radical (unpaired) electrons. The summed E-state index contributed by atoms with van der Waals surface area (Å²) in [6.45, 7) is 4.42. The van der Waals surface area contributed by atoms with E-state index in [4.69, 9.17) is 5.73 Å². The predicted molar refractivity (Wildman–Crippen MR) is 49.3 cm³/mol. The second kappa shape index (κ2) is 6.10. The Morgan fingerprint density at radius 3 is 2.23 bits per heavy atom. The molecular weight excluding hydrogens is 172 g/mol. The van der Waals surface area contributed by atoms with Crippen LogP contribution in [0.15, 0.2) is 0 Å². The number of rotatable bonds is 4. The first kappa shape index (κ1) is 11.5. The smallest absolute Gasteiger partial charge is 0.315 e. The Morgan fingerprint density at radius 2 is 1.77 bits per heavy atom. The summed E-state index contributed by atoms with van der Waals surface area (Å²) >= 11 is 0. The average molecular weight is 188 g/mol. The third kappa shape index (κ3) is 8.45. The fraction of sp³-hybridized carbons (Fsp3) is 0.714. The predicted octanol–water partition coefficient (Wildman–Crippen LogP) is -0.638. The van der Waals surface area contributed by atoms with E-state index < -0.39 is 6.03 Å². The Labute approximate surface area is 77.2 Å². The summed E-state index contributed by atoms with van der Waals surface area (Å²) in [5, 5.41) is 7.54. The van der Waals surface area contributed by atoms with Crippen LogP contribution in [0.1, 0.15) is 13.8 Å². The summed E-state index contributed by atoms with van der Waals surface area (Å²) in [5.74, 6) is 0. The standard InChI is InChI=1S/C7H16N4O2/c1-5(2)11-7(13)10-4-3-9-6(8)12/h5H,3-4H2,1-2H3,(H3,8,9,12)(H2,10,11,13). The second-order valence-corrected chi connectivity index (χ2v) is 2.85. The molecule has 0 aliphatic heterocycles. The van der Waals surface area contributed by atoms with Gasteiger partial charge in [-0.15, -0.1) is 0 Å². The summed E-state index contributed by atoms with van der Waals surface area (Å²) in [6.07, 6.45) is 0. The molecule has 0 unspecified atom stereocenters. The van der Waals surface area contributed by atoms with Gasteiger partial charge in [-0.2, -0.15) is 0 Å². The minimum absolute atomic E-state index is 0.101. The zero-order chi connectivity index (χ0) is 10.3. The molecule has 0 rings (SSSR count). The molecule has 0 aromatic heterocycles. The molecule has 0 aromatic carbocycles. The lowest BCUT2D eigenvalue weighted by atomic mass is 10.4. The van der Waals surface area contributed by atoms with E-state index in [2.05, 4.69) is 16.0 Å². The van der Waals surface area contributed by atoms with Gasteiger partial charge < -0.3 is 21.7 Å². The number of urea groups is 2. The van der Waals surface area contributed by atoms with E-state index in [0.29, 0.717) is 13.1 Å². The van der Waals surface area contributed by atoms with Gasteiger partial charge in [-0.25, -0.2) is 9.59 Å². The van der Waals surface area contributed by atoms with Gasteiger partial charge in [0.15, 0.2) is 0 Å². The Hall–Kier alpha value is -1.46. The van der Waals surface area contributed by atoms with Crippen LogP contribution < -0.4 is 21.7 Å². The van der Waals surface area contributed by atoms with Crippen molar-refractivity contribution in [1.82, 2.24) is 16.0 Å². The molecule has 4 amide bonds. The minimum atomic E-state index is -0.592. The molecule has 76 valence electrons. The zero-order valence-electron chi connectivity index (χ0n) is 7.89. The van der Waals surface area contributed by atoms with Crippen LogP contribution >= 0.6 is 0 Å². The van der Waals surface area contributed by atoms with Crippen LogP contribution in [0.3, 0.4) is 0 Å². The molecule has 0 aromatic rings. The van der Waals surface area contributed by atoms with Gasteiger partial charge in [0, 0.05) is 19.1 Å². The van der Waals surface area contributed by atoms with Crippen molar-refractivity contribution in [2.24, 2.45) is 5.73 Å². The van der Waals surface area contributed by atoms with Crippen LogP contribution in [0.5, 0.6) is 0 Å². The van der Waals surface area contributed by atoms with Gasteiger partial charge in [-0.1, -0.05) is 0 Å². The molecule has 0 fully saturated rings. The van der Waals surface area contributed by atoms with E-state index in [1.54, 1.807) is 0 Å². The van der Waals surface area contributed by atoms with Gasteiger partial charge >= 0.3 is 12.1 Å². The number of hydrogen-bond acceptors (Lipinski definition) is 2. The third-order valence-corrected chi connectivity index (χ3v) is 1.13. The van der Waals surface area contributed by atoms with Crippen LogP contribution in [0, 0.1) is 0 Å². The lowest BCUT2D eigenvalue weighted by Crippen LogP contribution is -2.43. The lowest BCUT2D eigenvalue weighted by molar-refractivity contribution is 0.237. The maximum absolute atomic E-state index is 10.9. The molecule has 0 aliphatic carbocycles. The number of nitrogens with two attached hydrogens (primary N) is 1. The van der Waals surface area contributed by atoms with E-state index in [-0.39, 0.29) is 12.1 Å².